The van der Waals surface area contributed by atoms with E-state index in [2.05, 4.69) is 10.6 Å². The highest BCUT2D eigenvalue weighted by molar-refractivity contribution is 8.00. The third-order valence-corrected chi connectivity index (χ3v) is 2.61. The Morgan fingerprint density at radius 2 is 2.00 bits per heavy atom. The van der Waals surface area contributed by atoms with Crippen LogP contribution in [0, 0.1) is 0 Å². The van der Waals surface area contributed by atoms with E-state index in [9.17, 15) is 14.4 Å². The van der Waals surface area contributed by atoms with Gasteiger partial charge in [-0.15, -0.1) is 11.8 Å². The smallest absolute Gasteiger partial charge is 0.321 e. The maximum absolute atomic E-state index is 11.1. The average Bonchev–Trinajstić information content (AvgIpc) is 2.13. The Kier molecular flexibility index (Phi) is 6.52. The van der Waals surface area contributed by atoms with Crippen molar-refractivity contribution in [2.75, 3.05) is 12.8 Å². The molecule has 1 unspecified atom stereocenters. The third-order valence-electron chi connectivity index (χ3n) is 1.44. The summed E-state index contributed by atoms with van der Waals surface area (Å²) in [5.41, 5.74) is 0. The van der Waals surface area contributed by atoms with Crippen LogP contribution in [0.1, 0.15) is 13.3 Å². The molecule has 0 aromatic heterocycles. The Morgan fingerprint density at radius 1 is 1.40 bits per heavy atom. The van der Waals surface area contributed by atoms with E-state index in [-0.39, 0.29) is 17.4 Å². The number of urea groups is 1. The summed E-state index contributed by atoms with van der Waals surface area (Å²) in [6.07, 6.45) is -0.00206. The van der Waals surface area contributed by atoms with Gasteiger partial charge in [0.2, 0.25) is 5.91 Å². The van der Waals surface area contributed by atoms with Crippen molar-refractivity contribution >= 4 is 29.7 Å². The van der Waals surface area contributed by atoms with Crippen LogP contribution < -0.4 is 10.6 Å². The first-order valence-corrected chi connectivity index (χ1v) is 5.35. The normalized spacial score (nSPS) is 11.6. The summed E-state index contributed by atoms with van der Waals surface area (Å²) < 4.78 is 0. The number of carbonyl (C=O) groups is 3. The van der Waals surface area contributed by atoms with E-state index < -0.39 is 17.9 Å². The van der Waals surface area contributed by atoms with Gasteiger partial charge in [-0.25, -0.2) is 4.79 Å². The molecule has 0 saturated heterocycles. The topological polar surface area (TPSA) is 95.5 Å². The average molecular weight is 234 g/mol. The second kappa shape index (κ2) is 7.10. The van der Waals surface area contributed by atoms with Crippen LogP contribution in [0.4, 0.5) is 4.79 Å². The second-order valence-electron chi connectivity index (χ2n) is 2.85. The van der Waals surface area contributed by atoms with Crippen molar-refractivity contribution in [2.45, 2.75) is 18.6 Å². The van der Waals surface area contributed by atoms with Crippen molar-refractivity contribution in [2.24, 2.45) is 0 Å². The van der Waals surface area contributed by atoms with Crippen LogP contribution >= 0.6 is 11.8 Å². The zero-order valence-corrected chi connectivity index (χ0v) is 9.39. The van der Waals surface area contributed by atoms with Crippen molar-refractivity contribution in [1.29, 1.82) is 0 Å². The van der Waals surface area contributed by atoms with E-state index in [0.29, 0.717) is 0 Å². The SMILES string of the molecule is CNC(=O)NC(=O)CSC(C)CC(=O)O. The quantitative estimate of drug-likeness (QED) is 0.624. The first-order valence-electron chi connectivity index (χ1n) is 4.30. The number of nitrogens with one attached hydrogen (secondary N) is 2. The van der Waals surface area contributed by atoms with Crippen LogP contribution in [0.5, 0.6) is 0 Å². The predicted molar refractivity (Wildman–Crippen MR) is 56.8 cm³/mol. The number of carboxylic acids is 1. The van der Waals surface area contributed by atoms with E-state index in [1.807, 2.05) is 0 Å². The van der Waals surface area contributed by atoms with Crippen LogP contribution in [-0.2, 0) is 9.59 Å². The zero-order valence-electron chi connectivity index (χ0n) is 8.57. The molecular weight excluding hydrogens is 220 g/mol. The maximum atomic E-state index is 11.1. The van der Waals surface area contributed by atoms with Gasteiger partial charge in [-0.05, 0) is 0 Å². The van der Waals surface area contributed by atoms with Gasteiger partial charge in [0, 0.05) is 12.3 Å². The maximum Gasteiger partial charge on any atom is 0.321 e. The molecular formula is C8H14N2O4S. The van der Waals surface area contributed by atoms with E-state index in [0.717, 1.165) is 0 Å². The molecule has 0 rings (SSSR count). The highest BCUT2D eigenvalue weighted by Gasteiger charge is 2.11. The van der Waals surface area contributed by atoms with E-state index >= 15 is 0 Å². The molecule has 0 fully saturated rings. The highest BCUT2D eigenvalue weighted by atomic mass is 32.2. The molecule has 0 aliphatic heterocycles. The molecule has 0 radical (unpaired) electrons. The van der Waals surface area contributed by atoms with Crippen LogP contribution in [0.3, 0.4) is 0 Å². The molecule has 3 amide bonds. The molecule has 0 aromatic rings. The first kappa shape index (κ1) is 13.8. The predicted octanol–water partition coefficient (Wildman–Crippen LogP) is 0.0384. The lowest BCUT2D eigenvalue weighted by Crippen LogP contribution is -2.38. The number of hydrogen-bond donors (Lipinski definition) is 3. The van der Waals surface area contributed by atoms with Gasteiger partial charge < -0.3 is 10.4 Å². The van der Waals surface area contributed by atoms with Crippen molar-refractivity contribution in [3.05, 3.63) is 0 Å². The highest BCUT2D eigenvalue weighted by Crippen LogP contribution is 2.13. The second-order valence-corrected chi connectivity index (χ2v) is 4.27. The summed E-state index contributed by atoms with van der Waals surface area (Å²) in [6.45, 7) is 1.71. The molecule has 0 spiro atoms. The Morgan fingerprint density at radius 3 is 2.47 bits per heavy atom. The first-order chi connectivity index (χ1) is 6.95. The van der Waals surface area contributed by atoms with Crippen LogP contribution in [-0.4, -0.2) is 41.1 Å². The summed E-state index contributed by atoms with van der Waals surface area (Å²) in [7, 11) is 1.41. The van der Waals surface area contributed by atoms with Crippen molar-refractivity contribution in [1.82, 2.24) is 10.6 Å². The number of carbonyl (C=O) groups excluding carboxylic acids is 2. The number of hydrogen-bond acceptors (Lipinski definition) is 4. The summed E-state index contributed by atoms with van der Waals surface area (Å²) in [6, 6.07) is -0.563. The molecule has 0 heterocycles. The summed E-state index contributed by atoms with van der Waals surface area (Å²) in [5, 5.41) is 12.6. The fourth-order valence-corrected chi connectivity index (χ4v) is 1.52. The summed E-state index contributed by atoms with van der Waals surface area (Å²) >= 11 is 1.19. The Balaban J connectivity index is 3.70. The molecule has 0 aliphatic carbocycles. The monoisotopic (exact) mass is 234 g/mol. The molecule has 15 heavy (non-hydrogen) atoms. The third kappa shape index (κ3) is 7.80. The number of thioether (sulfide) groups is 1. The minimum atomic E-state index is -0.901. The summed E-state index contributed by atoms with van der Waals surface area (Å²) in [5.74, 6) is -1.26. The van der Waals surface area contributed by atoms with Crippen LogP contribution in [0.2, 0.25) is 0 Å². The van der Waals surface area contributed by atoms with Gasteiger partial charge in [-0.3, -0.25) is 14.9 Å². The lowest BCUT2D eigenvalue weighted by molar-refractivity contribution is -0.136. The van der Waals surface area contributed by atoms with Gasteiger partial charge in [0.15, 0.2) is 0 Å². The van der Waals surface area contributed by atoms with Crippen molar-refractivity contribution in [3.63, 3.8) is 0 Å². The molecule has 3 N–H and O–H groups in total. The molecule has 0 aromatic carbocycles. The molecule has 86 valence electrons. The van der Waals surface area contributed by atoms with Gasteiger partial charge in [-0.1, -0.05) is 6.92 Å². The molecule has 6 nitrogen and oxygen atoms in total. The molecule has 0 aliphatic rings. The Labute approximate surface area is 91.8 Å². The minimum Gasteiger partial charge on any atom is -0.481 e. The standard InChI is InChI=1S/C8H14N2O4S/c1-5(3-7(12)13)15-4-6(11)10-8(14)9-2/h5H,3-4H2,1-2H3,(H,12,13)(H2,9,10,11,14). The molecule has 1 atom stereocenters. The molecule has 0 bridgehead atoms. The number of carboxylic acid groups (broad SMARTS) is 1. The number of aliphatic carboxylic acids is 1. The van der Waals surface area contributed by atoms with Crippen LogP contribution in [0.25, 0.3) is 0 Å². The zero-order chi connectivity index (χ0) is 11.8. The molecule has 0 saturated carbocycles. The van der Waals surface area contributed by atoms with Gasteiger partial charge in [-0.2, -0.15) is 0 Å². The minimum absolute atomic E-state index is 0.00206. The lowest BCUT2D eigenvalue weighted by atomic mass is 10.3. The van der Waals surface area contributed by atoms with Gasteiger partial charge >= 0.3 is 12.0 Å². The van der Waals surface area contributed by atoms with Gasteiger partial charge in [0.25, 0.3) is 0 Å². The van der Waals surface area contributed by atoms with Crippen LogP contribution in [0.15, 0.2) is 0 Å². The number of amides is 3. The Bertz CT molecular complexity index is 257. The van der Waals surface area contributed by atoms with Gasteiger partial charge in [0.1, 0.15) is 0 Å². The van der Waals surface area contributed by atoms with E-state index in [1.54, 1.807) is 6.92 Å². The Hall–Kier alpha value is -1.24. The molecule has 7 heteroatoms. The number of imide groups is 1. The van der Waals surface area contributed by atoms with Crippen molar-refractivity contribution < 1.29 is 19.5 Å². The van der Waals surface area contributed by atoms with Gasteiger partial charge in [0.05, 0.1) is 12.2 Å². The fourth-order valence-electron chi connectivity index (χ4n) is 0.748. The lowest BCUT2D eigenvalue weighted by Gasteiger charge is -2.07. The van der Waals surface area contributed by atoms with Crippen molar-refractivity contribution in [3.8, 4) is 0 Å². The van der Waals surface area contributed by atoms with E-state index in [1.165, 1.54) is 18.8 Å². The number of rotatable bonds is 5. The summed E-state index contributed by atoms with van der Waals surface area (Å²) in [4.78, 5) is 32.1. The fraction of sp³-hybridized carbons (Fsp3) is 0.625. The largest absolute Gasteiger partial charge is 0.481 e. The van der Waals surface area contributed by atoms with E-state index in [4.69, 9.17) is 5.11 Å².